The van der Waals surface area contributed by atoms with Crippen LogP contribution in [0.3, 0.4) is 0 Å². The van der Waals surface area contributed by atoms with Gasteiger partial charge < -0.3 is 10.1 Å². The lowest BCUT2D eigenvalue weighted by Crippen LogP contribution is -2.39. The van der Waals surface area contributed by atoms with Crippen LogP contribution in [0, 0.1) is 5.92 Å². The van der Waals surface area contributed by atoms with E-state index < -0.39 is 0 Å². The Morgan fingerprint density at radius 1 is 1.32 bits per heavy atom. The summed E-state index contributed by atoms with van der Waals surface area (Å²) in [5, 5.41) is 3.83. The largest absolute Gasteiger partial charge is 0.497 e. The van der Waals surface area contributed by atoms with Gasteiger partial charge in [0.05, 0.1) is 7.11 Å². The predicted octanol–water partition coefficient (Wildman–Crippen LogP) is 4.31. The highest BCUT2D eigenvalue weighted by molar-refractivity contribution is 5.30. The number of methoxy groups -OCH3 is 1. The second-order valence-electron chi connectivity index (χ2n) is 5.72. The first-order valence-corrected chi connectivity index (χ1v) is 7.64. The van der Waals surface area contributed by atoms with Gasteiger partial charge in [0.1, 0.15) is 5.75 Å². The molecule has 19 heavy (non-hydrogen) atoms. The Bertz CT molecular complexity index is 391. The van der Waals surface area contributed by atoms with Crippen LogP contribution in [0.25, 0.3) is 0 Å². The van der Waals surface area contributed by atoms with Gasteiger partial charge in [0.2, 0.25) is 0 Å². The first-order chi connectivity index (χ1) is 9.24. The van der Waals surface area contributed by atoms with Crippen molar-refractivity contribution in [3.63, 3.8) is 0 Å². The van der Waals surface area contributed by atoms with Crippen LogP contribution < -0.4 is 10.1 Å². The van der Waals surface area contributed by atoms with Crippen molar-refractivity contribution in [2.24, 2.45) is 5.92 Å². The zero-order chi connectivity index (χ0) is 13.7. The van der Waals surface area contributed by atoms with Gasteiger partial charge in [0.25, 0.3) is 0 Å². The zero-order valence-corrected chi connectivity index (χ0v) is 12.5. The number of benzene rings is 1. The number of ether oxygens (including phenoxy) is 1. The second kappa shape index (κ2) is 6.95. The molecule has 106 valence electrons. The van der Waals surface area contributed by atoms with E-state index in [1.807, 2.05) is 6.07 Å². The van der Waals surface area contributed by atoms with Crippen LogP contribution in [0.5, 0.6) is 5.75 Å². The highest BCUT2D eigenvalue weighted by Crippen LogP contribution is 2.29. The molecule has 2 rings (SSSR count). The molecule has 1 N–H and O–H groups in total. The topological polar surface area (TPSA) is 21.3 Å². The third kappa shape index (κ3) is 3.73. The maximum absolute atomic E-state index is 5.31. The van der Waals surface area contributed by atoms with Crippen molar-refractivity contribution in [3.8, 4) is 5.75 Å². The molecule has 1 saturated carbocycles. The fourth-order valence-electron chi connectivity index (χ4n) is 3.24. The van der Waals surface area contributed by atoms with Crippen LogP contribution in [0.15, 0.2) is 24.3 Å². The summed E-state index contributed by atoms with van der Waals surface area (Å²) >= 11 is 0. The first-order valence-electron chi connectivity index (χ1n) is 7.64. The van der Waals surface area contributed by atoms with Gasteiger partial charge in [-0.15, -0.1) is 0 Å². The molecule has 0 heterocycles. The second-order valence-corrected chi connectivity index (χ2v) is 5.72. The van der Waals surface area contributed by atoms with Crippen molar-refractivity contribution in [1.29, 1.82) is 0 Å². The van der Waals surface area contributed by atoms with Gasteiger partial charge in [-0.05, 0) is 43.4 Å². The van der Waals surface area contributed by atoms with E-state index in [-0.39, 0.29) is 0 Å². The van der Waals surface area contributed by atoms with Crippen LogP contribution in [0.1, 0.15) is 57.6 Å². The monoisotopic (exact) mass is 261 g/mol. The van der Waals surface area contributed by atoms with E-state index >= 15 is 0 Å². The molecule has 1 aliphatic rings. The van der Waals surface area contributed by atoms with Crippen molar-refractivity contribution in [1.82, 2.24) is 5.32 Å². The summed E-state index contributed by atoms with van der Waals surface area (Å²) in [6, 6.07) is 9.48. The Morgan fingerprint density at radius 3 is 2.84 bits per heavy atom. The third-order valence-electron chi connectivity index (χ3n) is 4.49. The molecule has 3 atom stereocenters. The lowest BCUT2D eigenvalue weighted by atomic mass is 9.82. The van der Waals surface area contributed by atoms with Crippen molar-refractivity contribution in [3.05, 3.63) is 29.8 Å². The van der Waals surface area contributed by atoms with Gasteiger partial charge in [-0.2, -0.15) is 0 Å². The van der Waals surface area contributed by atoms with E-state index in [1.54, 1.807) is 7.11 Å². The molecule has 1 aliphatic carbocycles. The molecule has 2 nitrogen and oxygen atoms in total. The Labute approximate surface area is 117 Å². The molecule has 1 aromatic rings. The van der Waals surface area contributed by atoms with Gasteiger partial charge >= 0.3 is 0 Å². The van der Waals surface area contributed by atoms with Gasteiger partial charge in [-0.25, -0.2) is 0 Å². The fourth-order valence-corrected chi connectivity index (χ4v) is 3.24. The normalized spacial score (nSPS) is 25.0. The molecule has 0 radical (unpaired) electrons. The summed E-state index contributed by atoms with van der Waals surface area (Å²) in [4.78, 5) is 0. The highest BCUT2D eigenvalue weighted by atomic mass is 16.5. The van der Waals surface area contributed by atoms with E-state index in [0.717, 1.165) is 11.7 Å². The predicted molar refractivity (Wildman–Crippen MR) is 80.6 cm³/mol. The Morgan fingerprint density at radius 2 is 2.11 bits per heavy atom. The molecular weight excluding hydrogens is 234 g/mol. The van der Waals surface area contributed by atoms with Crippen molar-refractivity contribution in [2.75, 3.05) is 7.11 Å². The lowest BCUT2D eigenvalue weighted by Gasteiger charge is -2.34. The van der Waals surface area contributed by atoms with Crippen LogP contribution in [0.2, 0.25) is 0 Å². The summed E-state index contributed by atoms with van der Waals surface area (Å²) in [5.41, 5.74) is 1.32. The standard InChI is InChI=1S/C17H27NO/c1-4-14-8-5-6-11-17(14)18-13(2)15-9-7-10-16(12-15)19-3/h7,9-10,12-14,17-18H,4-6,8,11H2,1-3H3. The zero-order valence-electron chi connectivity index (χ0n) is 12.5. The molecule has 0 aliphatic heterocycles. The summed E-state index contributed by atoms with van der Waals surface area (Å²) < 4.78 is 5.31. The van der Waals surface area contributed by atoms with Crippen molar-refractivity contribution < 1.29 is 4.74 Å². The van der Waals surface area contributed by atoms with Crippen LogP contribution in [-0.2, 0) is 0 Å². The molecule has 0 aromatic heterocycles. The van der Waals surface area contributed by atoms with E-state index in [0.29, 0.717) is 12.1 Å². The minimum absolute atomic E-state index is 0.396. The van der Waals surface area contributed by atoms with Crippen LogP contribution >= 0.6 is 0 Å². The van der Waals surface area contributed by atoms with Crippen LogP contribution in [0.4, 0.5) is 0 Å². The molecular formula is C17H27NO. The molecule has 0 amide bonds. The van der Waals surface area contributed by atoms with Crippen molar-refractivity contribution in [2.45, 2.75) is 58.0 Å². The minimum atomic E-state index is 0.396. The van der Waals surface area contributed by atoms with Gasteiger partial charge in [0, 0.05) is 12.1 Å². The van der Waals surface area contributed by atoms with Crippen LogP contribution in [-0.4, -0.2) is 13.2 Å². The van der Waals surface area contributed by atoms with Gasteiger partial charge in [-0.1, -0.05) is 38.3 Å². The summed E-state index contributed by atoms with van der Waals surface area (Å²) in [6.45, 7) is 4.58. The third-order valence-corrected chi connectivity index (χ3v) is 4.49. The summed E-state index contributed by atoms with van der Waals surface area (Å²) in [5.74, 6) is 1.80. The van der Waals surface area contributed by atoms with E-state index in [1.165, 1.54) is 37.7 Å². The van der Waals surface area contributed by atoms with Gasteiger partial charge in [-0.3, -0.25) is 0 Å². The number of nitrogens with one attached hydrogen (secondary N) is 1. The van der Waals surface area contributed by atoms with E-state index in [9.17, 15) is 0 Å². The van der Waals surface area contributed by atoms with E-state index in [4.69, 9.17) is 4.74 Å². The Balaban J connectivity index is 2.00. The first kappa shape index (κ1) is 14.4. The van der Waals surface area contributed by atoms with Crippen molar-refractivity contribution >= 4 is 0 Å². The average Bonchev–Trinajstić information content (AvgIpc) is 2.47. The smallest absolute Gasteiger partial charge is 0.119 e. The minimum Gasteiger partial charge on any atom is -0.497 e. The summed E-state index contributed by atoms with van der Waals surface area (Å²) in [6.07, 6.45) is 6.79. The lowest BCUT2D eigenvalue weighted by molar-refractivity contribution is 0.240. The fraction of sp³-hybridized carbons (Fsp3) is 0.647. The molecule has 0 saturated heterocycles. The Hall–Kier alpha value is -1.02. The molecule has 0 spiro atoms. The molecule has 2 heteroatoms. The average molecular weight is 261 g/mol. The number of rotatable bonds is 5. The summed E-state index contributed by atoms with van der Waals surface area (Å²) in [7, 11) is 1.73. The highest BCUT2D eigenvalue weighted by Gasteiger charge is 2.24. The quantitative estimate of drug-likeness (QED) is 0.852. The maximum atomic E-state index is 5.31. The van der Waals surface area contributed by atoms with E-state index in [2.05, 4.69) is 37.4 Å². The molecule has 1 aromatic carbocycles. The Kier molecular flexibility index (Phi) is 5.26. The maximum Gasteiger partial charge on any atom is 0.119 e. The van der Waals surface area contributed by atoms with Gasteiger partial charge in [0.15, 0.2) is 0 Å². The number of hydrogen-bond acceptors (Lipinski definition) is 2. The SMILES string of the molecule is CCC1CCCCC1NC(C)c1cccc(OC)c1. The number of hydrogen-bond donors (Lipinski definition) is 1. The molecule has 1 fully saturated rings. The molecule has 0 bridgehead atoms. The molecule has 3 unspecified atom stereocenters.